The lowest BCUT2D eigenvalue weighted by molar-refractivity contribution is 0.211. The molecule has 1 unspecified atom stereocenters. The van der Waals surface area contributed by atoms with E-state index in [0.29, 0.717) is 6.42 Å². The molecule has 1 aliphatic carbocycles. The van der Waals surface area contributed by atoms with Gasteiger partial charge in [-0.05, 0) is 39.5 Å². The predicted molar refractivity (Wildman–Crippen MR) is 66.1 cm³/mol. The molecule has 0 bridgehead atoms. The Bertz CT molecular complexity index is 341. The zero-order valence-electron chi connectivity index (χ0n) is 10.1. The lowest BCUT2D eigenvalue weighted by Gasteiger charge is -2.09. The van der Waals surface area contributed by atoms with Crippen molar-refractivity contribution >= 4 is 9.84 Å². The van der Waals surface area contributed by atoms with Crippen LogP contribution in [-0.2, 0) is 9.84 Å². The van der Waals surface area contributed by atoms with Gasteiger partial charge < -0.3 is 5.11 Å². The molecule has 0 aromatic heterocycles. The summed E-state index contributed by atoms with van der Waals surface area (Å²) in [5.74, 6) is 0.212. The number of aliphatic hydroxyl groups excluding tert-OH is 1. The summed E-state index contributed by atoms with van der Waals surface area (Å²) >= 11 is 0. The monoisotopic (exact) mass is 246 g/mol. The van der Waals surface area contributed by atoms with Crippen molar-refractivity contribution in [1.29, 1.82) is 0 Å². The Morgan fingerprint density at radius 3 is 2.75 bits per heavy atom. The maximum Gasteiger partial charge on any atom is 0.152 e. The second-order valence-corrected chi connectivity index (χ2v) is 7.48. The molecule has 0 heterocycles. The predicted octanol–water partition coefficient (Wildman–Crippen LogP) is 2.06. The Morgan fingerprint density at radius 2 is 2.12 bits per heavy atom. The fourth-order valence-electron chi connectivity index (χ4n) is 1.86. The number of hydrogen-bond acceptors (Lipinski definition) is 3. The molecule has 0 amide bonds. The molecule has 1 aliphatic rings. The number of hydrogen-bond donors (Lipinski definition) is 1. The van der Waals surface area contributed by atoms with E-state index in [1.165, 1.54) is 0 Å². The number of aliphatic hydroxyl groups is 1. The fourth-order valence-corrected chi connectivity index (χ4v) is 2.88. The minimum absolute atomic E-state index is 0.212. The molecule has 1 rings (SSSR count). The third-order valence-corrected chi connectivity index (χ3v) is 5.31. The van der Waals surface area contributed by atoms with Crippen LogP contribution in [0.5, 0.6) is 0 Å². The van der Waals surface area contributed by atoms with E-state index in [0.717, 1.165) is 31.3 Å². The molecule has 0 aliphatic heterocycles. The van der Waals surface area contributed by atoms with Gasteiger partial charge in [0, 0.05) is 0 Å². The van der Waals surface area contributed by atoms with E-state index in [9.17, 15) is 13.5 Å². The van der Waals surface area contributed by atoms with Crippen molar-refractivity contribution in [3.05, 3.63) is 11.6 Å². The molecule has 4 heteroatoms. The van der Waals surface area contributed by atoms with Gasteiger partial charge in [-0.15, -0.1) is 0 Å². The summed E-state index contributed by atoms with van der Waals surface area (Å²) in [7, 11) is -2.95. The van der Waals surface area contributed by atoms with Crippen LogP contribution in [0.2, 0.25) is 0 Å². The molecule has 0 aromatic carbocycles. The van der Waals surface area contributed by atoms with E-state index in [1.807, 2.05) is 6.08 Å². The maximum absolute atomic E-state index is 11.7. The van der Waals surface area contributed by atoms with Crippen LogP contribution in [0.1, 0.15) is 46.0 Å². The quantitative estimate of drug-likeness (QED) is 0.773. The third-order valence-electron chi connectivity index (χ3n) is 3.10. The lowest BCUT2D eigenvalue weighted by Crippen LogP contribution is -2.18. The number of sulfone groups is 1. The van der Waals surface area contributed by atoms with Crippen molar-refractivity contribution in [2.24, 2.45) is 0 Å². The molecule has 16 heavy (non-hydrogen) atoms. The average molecular weight is 246 g/mol. The Kier molecular flexibility index (Phi) is 4.99. The molecule has 0 fully saturated rings. The van der Waals surface area contributed by atoms with Gasteiger partial charge in [0.15, 0.2) is 9.84 Å². The van der Waals surface area contributed by atoms with Crippen molar-refractivity contribution in [2.75, 3.05) is 5.75 Å². The normalized spacial score (nSPS) is 23.0. The van der Waals surface area contributed by atoms with Crippen molar-refractivity contribution in [1.82, 2.24) is 0 Å². The highest BCUT2D eigenvalue weighted by atomic mass is 32.2. The lowest BCUT2D eigenvalue weighted by atomic mass is 10.1. The van der Waals surface area contributed by atoms with Crippen LogP contribution >= 0.6 is 0 Å². The minimum atomic E-state index is -2.95. The number of rotatable bonds is 4. The van der Waals surface area contributed by atoms with E-state index in [-0.39, 0.29) is 17.1 Å². The second-order valence-electron chi connectivity index (χ2n) is 4.80. The van der Waals surface area contributed by atoms with Crippen molar-refractivity contribution in [2.45, 2.75) is 57.3 Å². The molecular weight excluding hydrogens is 224 g/mol. The first kappa shape index (κ1) is 13.7. The molecule has 0 radical (unpaired) electrons. The summed E-state index contributed by atoms with van der Waals surface area (Å²) in [6.07, 6.45) is 5.88. The minimum Gasteiger partial charge on any atom is -0.389 e. The molecule has 94 valence electrons. The Balaban J connectivity index is 2.54. The maximum atomic E-state index is 11.7. The highest BCUT2D eigenvalue weighted by Crippen LogP contribution is 2.21. The standard InChI is InChI=1S/C12H22O3S/c1-10(2)16(14,15)8-7-11-5-3-4-6-12(13)9-11/h9-10,12-13H,3-8H2,1-2H3. The molecule has 3 nitrogen and oxygen atoms in total. The van der Waals surface area contributed by atoms with Crippen LogP contribution in [0.25, 0.3) is 0 Å². The number of allylic oxidation sites excluding steroid dienone is 1. The molecule has 0 spiro atoms. The first-order valence-corrected chi connectivity index (χ1v) is 7.72. The van der Waals surface area contributed by atoms with Crippen molar-refractivity contribution in [3.8, 4) is 0 Å². The van der Waals surface area contributed by atoms with E-state index in [4.69, 9.17) is 0 Å². The molecule has 1 N–H and O–H groups in total. The van der Waals surface area contributed by atoms with Gasteiger partial charge in [-0.1, -0.05) is 18.1 Å². The van der Waals surface area contributed by atoms with Crippen molar-refractivity contribution in [3.63, 3.8) is 0 Å². The van der Waals surface area contributed by atoms with E-state index < -0.39 is 9.84 Å². The van der Waals surface area contributed by atoms with Crippen molar-refractivity contribution < 1.29 is 13.5 Å². The highest BCUT2D eigenvalue weighted by molar-refractivity contribution is 7.91. The smallest absolute Gasteiger partial charge is 0.152 e. The van der Waals surface area contributed by atoms with Gasteiger partial charge in [0.05, 0.1) is 17.1 Å². The van der Waals surface area contributed by atoms with Gasteiger partial charge in [-0.3, -0.25) is 0 Å². The zero-order valence-corrected chi connectivity index (χ0v) is 11.0. The highest BCUT2D eigenvalue weighted by Gasteiger charge is 2.17. The van der Waals surface area contributed by atoms with E-state index in [1.54, 1.807) is 13.8 Å². The zero-order chi connectivity index (χ0) is 12.2. The van der Waals surface area contributed by atoms with Crippen LogP contribution in [0.15, 0.2) is 11.6 Å². The van der Waals surface area contributed by atoms with E-state index in [2.05, 4.69) is 0 Å². The van der Waals surface area contributed by atoms with Gasteiger partial charge in [0.1, 0.15) is 0 Å². The largest absolute Gasteiger partial charge is 0.389 e. The third kappa shape index (κ3) is 4.26. The van der Waals surface area contributed by atoms with Gasteiger partial charge in [-0.2, -0.15) is 0 Å². The van der Waals surface area contributed by atoms with Gasteiger partial charge in [0.25, 0.3) is 0 Å². The summed E-state index contributed by atoms with van der Waals surface area (Å²) in [4.78, 5) is 0. The van der Waals surface area contributed by atoms with Crippen LogP contribution < -0.4 is 0 Å². The van der Waals surface area contributed by atoms with Crippen LogP contribution in [0.3, 0.4) is 0 Å². The molecule has 0 saturated carbocycles. The summed E-state index contributed by atoms with van der Waals surface area (Å²) in [5, 5.41) is 9.27. The van der Waals surface area contributed by atoms with Gasteiger partial charge in [-0.25, -0.2) is 8.42 Å². The summed E-state index contributed by atoms with van der Waals surface area (Å²) < 4.78 is 23.3. The Hall–Kier alpha value is -0.350. The first-order valence-electron chi connectivity index (χ1n) is 6.01. The second kappa shape index (κ2) is 5.82. The van der Waals surface area contributed by atoms with Crippen LogP contribution in [0, 0.1) is 0 Å². The van der Waals surface area contributed by atoms with Gasteiger partial charge >= 0.3 is 0 Å². The van der Waals surface area contributed by atoms with E-state index >= 15 is 0 Å². The Labute approximate surface area is 98.5 Å². The van der Waals surface area contributed by atoms with Gasteiger partial charge in [0.2, 0.25) is 0 Å². The molecular formula is C12H22O3S. The molecule has 1 atom stereocenters. The summed E-state index contributed by atoms with van der Waals surface area (Å²) in [6.45, 7) is 3.43. The SMILES string of the molecule is CC(C)S(=O)(=O)CCC1=CC(O)CCCC1. The topological polar surface area (TPSA) is 54.4 Å². The Morgan fingerprint density at radius 1 is 1.44 bits per heavy atom. The summed E-state index contributed by atoms with van der Waals surface area (Å²) in [6, 6.07) is 0. The first-order chi connectivity index (χ1) is 7.42. The molecule has 0 saturated heterocycles. The summed E-state index contributed by atoms with van der Waals surface area (Å²) in [5.41, 5.74) is 1.11. The van der Waals surface area contributed by atoms with Crippen LogP contribution in [0.4, 0.5) is 0 Å². The molecule has 0 aromatic rings. The average Bonchev–Trinajstić information content (AvgIpc) is 2.39. The van der Waals surface area contributed by atoms with Crippen LogP contribution in [-0.4, -0.2) is 30.6 Å². The fraction of sp³-hybridized carbons (Fsp3) is 0.833.